The fourth-order valence-electron chi connectivity index (χ4n) is 2.68. The number of hydrogen-bond donors (Lipinski definition) is 2. The number of nitrogens with two attached hydrogens (primary N) is 1. The Hall–Kier alpha value is -2.08. The summed E-state index contributed by atoms with van der Waals surface area (Å²) < 4.78 is 32.6. The monoisotopic (exact) mass is 455 g/mol. The van der Waals surface area contributed by atoms with Crippen LogP contribution in [0.15, 0.2) is 40.6 Å². The van der Waals surface area contributed by atoms with Crippen molar-refractivity contribution >= 4 is 50.6 Å². The number of hydrogen-bond acceptors (Lipinski definition) is 7. The first kappa shape index (κ1) is 21.6. The number of primary amides is 1. The van der Waals surface area contributed by atoms with Gasteiger partial charge in [-0.05, 0) is 35.7 Å². The average molecular weight is 456 g/mol. The minimum Gasteiger partial charge on any atom is -0.493 e. The third-order valence-corrected chi connectivity index (χ3v) is 8.08. The first-order chi connectivity index (χ1) is 13.9. The minimum atomic E-state index is -3.70. The zero-order valence-corrected chi connectivity index (χ0v) is 17.9. The van der Waals surface area contributed by atoms with Gasteiger partial charge in [-0.15, -0.1) is 11.3 Å². The average Bonchev–Trinajstić information content (AvgIpc) is 3.21. The number of nitrogens with zero attached hydrogens (tertiary/aromatic N) is 1. The second kappa shape index (κ2) is 9.61. The van der Waals surface area contributed by atoms with Crippen molar-refractivity contribution in [3.8, 4) is 5.75 Å². The zero-order valence-electron chi connectivity index (χ0n) is 15.5. The highest BCUT2D eigenvalue weighted by Crippen LogP contribution is 2.28. The number of nitrogens with one attached hydrogen (secondary N) is 1. The van der Waals surface area contributed by atoms with Crippen LogP contribution in [0.3, 0.4) is 0 Å². The lowest BCUT2D eigenvalue weighted by molar-refractivity contribution is -0.118. The molecule has 8 nitrogen and oxygen atoms in total. The van der Waals surface area contributed by atoms with Crippen LogP contribution < -0.4 is 15.8 Å². The van der Waals surface area contributed by atoms with Crippen LogP contribution in [0.5, 0.6) is 5.75 Å². The lowest BCUT2D eigenvalue weighted by Crippen LogP contribution is -2.38. The van der Waals surface area contributed by atoms with E-state index in [4.69, 9.17) is 10.5 Å². The minimum absolute atomic E-state index is 0.0401. The van der Waals surface area contributed by atoms with Crippen molar-refractivity contribution in [3.05, 3.63) is 40.6 Å². The third-order valence-electron chi connectivity index (χ3n) is 4.15. The standard InChI is InChI=1S/C18H21N3O5S3/c19-16(22)5-9-26-14-3-1-13(2-4-14)20-18(23)17-15(6-10-28-17)29(24,25)21-7-11-27-12-8-21/h1-4,6,10H,5,7-9,11-12H2,(H2,19,22)(H,20,23). The Labute approximate surface area is 177 Å². The lowest BCUT2D eigenvalue weighted by atomic mass is 10.3. The molecule has 0 atom stereocenters. The van der Waals surface area contributed by atoms with E-state index in [0.717, 1.165) is 22.8 Å². The van der Waals surface area contributed by atoms with Crippen molar-refractivity contribution in [3.63, 3.8) is 0 Å². The molecule has 3 N–H and O–H groups in total. The van der Waals surface area contributed by atoms with Crippen LogP contribution in [0.2, 0.25) is 0 Å². The van der Waals surface area contributed by atoms with Crippen molar-refractivity contribution < 1.29 is 22.7 Å². The van der Waals surface area contributed by atoms with E-state index in [9.17, 15) is 18.0 Å². The third kappa shape index (κ3) is 5.50. The molecule has 1 aliphatic rings. The van der Waals surface area contributed by atoms with Crippen LogP contribution in [0.4, 0.5) is 5.69 Å². The molecule has 1 fully saturated rings. The first-order valence-corrected chi connectivity index (χ1v) is 12.3. The molecule has 0 aliphatic carbocycles. The van der Waals surface area contributed by atoms with Crippen LogP contribution in [-0.4, -0.2) is 55.7 Å². The van der Waals surface area contributed by atoms with E-state index in [2.05, 4.69) is 5.32 Å². The molecule has 0 unspecified atom stereocenters. The van der Waals surface area contributed by atoms with E-state index in [1.165, 1.54) is 10.4 Å². The Balaban J connectivity index is 1.67. The second-order valence-electron chi connectivity index (χ2n) is 6.17. The van der Waals surface area contributed by atoms with Gasteiger partial charge in [-0.2, -0.15) is 16.1 Å². The molecule has 0 saturated carbocycles. The normalized spacial score (nSPS) is 15.0. The van der Waals surface area contributed by atoms with Gasteiger partial charge in [-0.25, -0.2) is 8.42 Å². The number of thiophene rings is 1. The van der Waals surface area contributed by atoms with Gasteiger partial charge in [0.15, 0.2) is 0 Å². The van der Waals surface area contributed by atoms with Gasteiger partial charge in [0.1, 0.15) is 15.5 Å². The highest BCUT2D eigenvalue weighted by atomic mass is 32.2. The number of amides is 2. The van der Waals surface area contributed by atoms with Crippen LogP contribution in [0.1, 0.15) is 16.1 Å². The molecule has 1 aliphatic heterocycles. The van der Waals surface area contributed by atoms with Gasteiger partial charge in [0, 0.05) is 30.3 Å². The maximum absolute atomic E-state index is 12.9. The van der Waals surface area contributed by atoms with Gasteiger partial charge in [-0.3, -0.25) is 9.59 Å². The highest BCUT2D eigenvalue weighted by Gasteiger charge is 2.31. The van der Waals surface area contributed by atoms with Crippen molar-refractivity contribution in [1.82, 2.24) is 4.31 Å². The summed E-state index contributed by atoms with van der Waals surface area (Å²) in [4.78, 5) is 23.6. The van der Waals surface area contributed by atoms with Gasteiger partial charge >= 0.3 is 0 Å². The number of sulfonamides is 1. The Morgan fingerprint density at radius 3 is 2.48 bits per heavy atom. The van der Waals surface area contributed by atoms with E-state index in [0.29, 0.717) is 24.5 Å². The molecule has 2 amide bonds. The summed E-state index contributed by atoms with van der Waals surface area (Å²) in [6, 6.07) is 8.05. The maximum atomic E-state index is 12.9. The summed E-state index contributed by atoms with van der Waals surface area (Å²) in [5.41, 5.74) is 5.56. The van der Waals surface area contributed by atoms with Crippen LogP contribution in [0, 0.1) is 0 Å². The number of carbonyl (C=O) groups is 2. The topological polar surface area (TPSA) is 119 Å². The largest absolute Gasteiger partial charge is 0.493 e. The molecule has 3 rings (SSSR count). The van der Waals surface area contributed by atoms with E-state index in [-0.39, 0.29) is 22.8 Å². The summed E-state index contributed by atoms with van der Waals surface area (Å²) in [7, 11) is -3.70. The molecule has 2 aromatic rings. The van der Waals surface area contributed by atoms with Crippen molar-refractivity contribution in [1.29, 1.82) is 0 Å². The smallest absolute Gasteiger partial charge is 0.267 e. The molecule has 1 aromatic heterocycles. The predicted molar refractivity (Wildman–Crippen MR) is 114 cm³/mol. The molecular weight excluding hydrogens is 434 g/mol. The van der Waals surface area contributed by atoms with Crippen molar-refractivity contribution in [2.45, 2.75) is 11.3 Å². The Morgan fingerprint density at radius 2 is 1.83 bits per heavy atom. The maximum Gasteiger partial charge on any atom is 0.267 e. The summed E-state index contributed by atoms with van der Waals surface area (Å²) in [5.74, 6) is 1.11. The Bertz CT molecular complexity index is 967. The SMILES string of the molecule is NC(=O)CCOc1ccc(NC(=O)c2sccc2S(=O)(=O)N2CCSCC2)cc1. The zero-order chi connectivity index (χ0) is 20.9. The quantitative estimate of drug-likeness (QED) is 0.628. The Kier molecular flexibility index (Phi) is 7.17. The lowest BCUT2D eigenvalue weighted by Gasteiger charge is -2.25. The number of rotatable bonds is 8. The summed E-state index contributed by atoms with van der Waals surface area (Å²) in [6.45, 7) is 1.06. The van der Waals surface area contributed by atoms with Crippen molar-refractivity contribution in [2.24, 2.45) is 5.73 Å². The van der Waals surface area contributed by atoms with E-state index in [1.54, 1.807) is 41.4 Å². The highest BCUT2D eigenvalue weighted by molar-refractivity contribution is 7.99. The van der Waals surface area contributed by atoms with Gasteiger partial charge in [-0.1, -0.05) is 0 Å². The summed E-state index contributed by atoms with van der Waals surface area (Å²) in [6.07, 6.45) is 0.115. The van der Waals surface area contributed by atoms with Gasteiger partial charge in [0.05, 0.1) is 13.0 Å². The molecule has 156 valence electrons. The number of carbonyl (C=O) groups excluding carboxylic acids is 2. The van der Waals surface area contributed by atoms with Gasteiger partial charge in [0.2, 0.25) is 15.9 Å². The molecule has 2 heterocycles. The predicted octanol–water partition coefficient (Wildman–Crippen LogP) is 1.99. The van der Waals surface area contributed by atoms with Crippen LogP contribution >= 0.6 is 23.1 Å². The van der Waals surface area contributed by atoms with E-state index in [1.807, 2.05) is 0 Å². The fourth-order valence-corrected chi connectivity index (χ4v) is 6.56. The Morgan fingerprint density at radius 1 is 1.14 bits per heavy atom. The molecule has 1 saturated heterocycles. The molecule has 1 aromatic carbocycles. The van der Waals surface area contributed by atoms with E-state index < -0.39 is 21.8 Å². The van der Waals surface area contributed by atoms with E-state index >= 15 is 0 Å². The molecule has 0 bridgehead atoms. The van der Waals surface area contributed by atoms with Crippen LogP contribution in [-0.2, 0) is 14.8 Å². The molecular formula is C18H21N3O5S3. The number of benzene rings is 1. The van der Waals surface area contributed by atoms with Crippen LogP contribution in [0.25, 0.3) is 0 Å². The molecule has 0 spiro atoms. The molecule has 29 heavy (non-hydrogen) atoms. The van der Waals surface area contributed by atoms with Gasteiger partial charge < -0.3 is 15.8 Å². The first-order valence-electron chi connectivity index (χ1n) is 8.86. The van der Waals surface area contributed by atoms with Crippen molar-refractivity contribution in [2.75, 3.05) is 36.5 Å². The second-order valence-corrected chi connectivity index (χ2v) is 10.2. The fraction of sp³-hybridized carbons (Fsp3) is 0.333. The molecule has 0 radical (unpaired) electrons. The number of thioether (sulfide) groups is 1. The summed E-state index contributed by atoms with van der Waals surface area (Å²) in [5, 5.41) is 4.32. The number of anilines is 1. The molecule has 11 heteroatoms. The number of ether oxygens (including phenoxy) is 1. The summed E-state index contributed by atoms with van der Waals surface area (Å²) >= 11 is 2.81. The van der Waals surface area contributed by atoms with Gasteiger partial charge in [0.25, 0.3) is 5.91 Å².